The van der Waals surface area contributed by atoms with Crippen molar-refractivity contribution in [3.05, 3.63) is 122 Å². The molecule has 0 aliphatic rings. The van der Waals surface area contributed by atoms with E-state index >= 15 is 0 Å². The fourth-order valence-electron chi connectivity index (χ4n) is 2.70. The predicted molar refractivity (Wildman–Crippen MR) is 143 cm³/mol. The van der Waals surface area contributed by atoms with Crippen molar-refractivity contribution in [2.24, 2.45) is 0 Å². The van der Waals surface area contributed by atoms with E-state index in [1.807, 2.05) is 97.1 Å². The molecule has 8 nitrogen and oxygen atoms in total. The summed E-state index contributed by atoms with van der Waals surface area (Å²) in [5, 5.41) is 0. The zero-order chi connectivity index (χ0) is 19.9. The minimum atomic E-state index is 0. The molecule has 0 unspecified atom stereocenters. The van der Waals surface area contributed by atoms with Crippen molar-refractivity contribution < 1.29 is 74.9 Å². The van der Waals surface area contributed by atoms with Gasteiger partial charge in [0.05, 0.1) is 0 Å². The summed E-state index contributed by atoms with van der Waals surface area (Å²) in [6, 6.07) is 31.2. The molecule has 0 bridgehead atoms. The number of hydrogen-bond acceptors (Lipinski definition) is 4. The summed E-state index contributed by atoms with van der Waals surface area (Å²) >= 11 is 0. The quantitative estimate of drug-likeness (QED) is 0.183. The smallest absolute Gasteiger partial charge is 1.00 e. The van der Waals surface area contributed by atoms with E-state index in [0.717, 1.165) is 45.0 Å². The molecule has 4 rings (SSSR count). The molecule has 0 atom stereocenters. The van der Waals surface area contributed by atoms with Crippen LogP contribution < -0.4 is 47.7 Å². The monoisotopic (exact) mass is 678 g/mol. The molecular formula is C24H32Cl2Co2N8Ni. The molecule has 0 amide bonds. The first-order chi connectivity index (χ1) is 13.5. The molecule has 0 aliphatic heterocycles. The molecular weight excluding hydrogens is 648 g/mol. The van der Waals surface area contributed by atoms with Crippen LogP contribution in [-0.4, -0.2) is 0 Å². The SMILES string of the molecule is Nc1ccc(-c2ccc(N)cc2)cc1.Nc1ccc(-c2ccc(N)cc2)cc1.[Cl-].[Cl-].[Co+2].[Co+2].[NH2-].[NH2-].[NH2-].[NH2-].[Ni+2]. The first kappa shape index (κ1) is 51.6. The van der Waals surface area contributed by atoms with Crippen molar-refractivity contribution in [2.45, 2.75) is 0 Å². The zero-order valence-electron chi connectivity index (χ0n) is 19.6. The van der Waals surface area contributed by atoms with E-state index in [9.17, 15) is 0 Å². The van der Waals surface area contributed by atoms with Crippen LogP contribution in [0, 0.1) is 0 Å². The van der Waals surface area contributed by atoms with Gasteiger partial charge in [-0.05, 0) is 70.8 Å². The molecule has 0 fully saturated rings. The summed E-state index contributed by atoms with van der Waals surface area (Å²) in [7, 11) is 0. The Morgan fingerprint density at radius 3 is 0.514 bits per heavy atom. The molecule has 37 heavy (non-hydrogen) atoms. The summed E-state index contributed by atoms with van der Waals surface area (Å²) in [4.78, 5) is 0. The molecule has 0 saturated carbocycles. The van der Waals surface area contributed by atoms with Crippen molar-refractivity contribution in [2.75, 3.05) is 22.9 Å². The van der Waals surface area contributed by atoms with E-state index in [2.05, 4.69) is 0 Å². The molecule has 0 spiro atoms. The molecule has 0 heterocycles. The zero-order valence-corrected chi connectivity index (χ0v) is 24.2. The number of nitrogens with two attached hydrogens (primary N) is 8. The van der Waals surface area contributed by atoms with Crippen LogP contribution >= 0.6 is 0 Å². The maximum absolute atomic E-state index is 5.61. The minimum absolute atomic E-state index is 0. The molecule has 0 aromatic heterocycles. The molecule has 0 saturated heterocycles. The molecule has 210 valence electrons. The van der Waals surface area contributed by atoms with E-state index in [1.165, 1.54) is 0 Å². The third-order valence-electron chi connectivity index (χ3n) is 4.31. The van der Waals surface area contributed by atoms with Crippen LogP contribution in [0.15, 0.2) is 97.1 Å². The van der Waals surface area contributed by atoms with Gasteiger partial charge in [0.1, 0.15) is 0 Å². The molecule has 0 aliphatic carbocycles. The fourth-order valence-corrected chi connectivity index (χ4v) is 2.70. The van der Waals surface area contributed by atoms with Gasteiger partial charge in [-0.15, -0.1) is 0 Å². The predicted octanol–water partition coefficient (Wildman–Crippen LogP) is 1.90. The van der Waals surface area contributed by atoms with Gasteiger partial charge in [0.15, 0.2) is 0 Å². The standard InChI is InChI=1S/2C12H12N2.2ClH.2Co.4H2N.Ni/c2*13-11-5-1-9(2-6-11)10-3-7-12(14)8-4-10;;;;;;;;;/h2*1-8H,13-14H2;2*1H;;;4*1H2;/q;;;;2*+2;4*-1;+2/p-2. The Balaban J connectivity index is -0.0000000783. The van der Waals surface area contributed by atoms with Crippen molar-refractivity contribution in [3.8, 4) is 22.3 Å². The molecule has 16 N–H and O–H groups in total. The third kappa shape index (κ3) is 16.5. The minimum Gasteiger partial charge on any atom is -1.00 e. The summed E-state index contributed by atoms with van der Waals surface area (Å²) in [6.07, 6.45) is 0. The van der Waals surface area contributed by atoms with Crippen LogP contribution in [0.25, 0.3) is 46.9 Å². The van der Waals surface area contributed by atoms with Gasteiger partial charge in [-0.25, -0.2) is 0 Å². The second-order valence-electron chi connectivity index (χ2n) is 6.49. The van der Waals surface area contributed by atoms with E-state index in [4.69, 9.17) is 22.9 Å². The first-order valence-corrected chi connectivity index (χ1v) is 8.94. The number of halogens is 2. The van der Waals surface area contributed by atoms with Crippen molar-refractivity contribution >= 4 is 22.7 Å². The van der Waals surface area contributed by atoms with Crippen molar-refractivity contribution in [1.82, 2.24) is 0 Å². The third-order valence-corrected chi connectivity index (χ3v) is 4.31. The Morgan fingerprint density at radius 1 is 0.297 bits per heavy atom. The Morgan fingerprint density at radius 2 is 0.405 bits per heavy atom. The van der Waals surface area contributed by atoms with Gasteiger partial charge in [0.2, 0.25) is 0 Å². The van der Waals surface area contributed by atoms with Crippen molar-refractivity contribution in [1.29, 1.82) is 0 Å². The van der Waals surface area contributed by atoms with E-state index in [1.54, 1.807) is 0 Å². The van der Waals surface area contributed by atoms with Crippen LogP contribution in [0.5, 0.6) is 0 Å². The van der Waals surface area contributed by atoms with Gasteiger partial charge in [-0.1, -0.05) is 48.5 Å². The Hall–Kier alpha value is -1.99. The average molecular weight is 680 g/mol. The van der Waals surface area contributed by atoms with Gasteiger partial charge < -0.3 is 72.4 Å². The summed E-state index contributed by atoms with van der Waals surface area (Å²) in [5.74, 6) is 0. The fraction of sp³-hybridized carbons (Fsp3) is 0. The second kappa shape index (κ2) is 25.6. The maximum Gasteiger partial charge on any atom is 2.00 e. The van der Waals surface area contributed by atoms with E-state index in [-0.39, 0.29) is 99.5 Å². The molecule has 13 heteroatoms. The Bertz CT molecular complexity index is 868. The number of nitrogen functional groups attached to an aromatic ring is 4. The second-order valence-corrected chi connectivity index (χ2v) is 6.49. The summed E-state index contributed by atoms with van der Waals surface area (Å²) in [5.41, 5.74) is 30.2. The average Bonchev–Trinajstić information content (AvgIpc) is 2.71. The number of anilines is 4. The molecule has 4 aromatic rings. The number of hydrogen-bond donors (Lipinski definition) is 4. The van der Waals surface area contributed by atoms with Crippen LogP contribution in [0.4, 0.5) is 22.7 Å². The summed E-state index contributed by atoms with van der Waals surface area (Å²) < 4.78 is 0. The number of rotatable bonds is 2. The Kier molecular flexibility index (Phi) is 35.8. The number of benzene rings is 4. The van der Waals surface area contributed by atoms with E-state index < -0.39 is 0 Å². The van der Waals surface area contributed by atoms with E-state index in [0.29, 0.717) is 0 Å². The topological polar surface area (TPSA) is 238 Å². The molecule has 4 aromatic carbocycles. The molecule has 2 radical (unpaired) electrons. The van der Waals surface area contributed by atoms with Crippen LogP contribution in [-0.2, 0) is 50.0 Å². The van der Waals surface area contributed by atoms with Gasteiger partial charge in [0.25, 0.3) is 0 Å². The van der Waals surface area contributed by atoms with Crippen LogP contribution in [0.3, 0.4) is 0 Å². The van der Waals surface area contributed by atoms with Gasteiger partial charge in [0, 0.05) is 22.7 Å². The van der Waals surface area contributed by atoms with Crippen LogP contribution in [0.1, 0.15) is 0 Å². The van der Waals surface area contributed by atoms with Gasteiger partial charge in [-0.2, -0.15) is 0 Å². The largest absolute Gasteiger partial charge is 2.00 e. The Labute approximate surface area is 263 Å². The van der Waals surface area contributed by atoms with Gasteiger partial charge >= 0.3 is 50.0 Å². The van der Waals surface area contributed by atoms with Crippen LogP contribution in [0.2, 0.25) is 0 Å². The maximum atomic E-state index is 5.61. The van der Waals surface area contributed by atoms with Gasteiger partial charge in [-0.3, -0.25) is 0 Å². The first-order valence-electron chi connectivity index (χ1n) is 8.94. The van der Waals surface area contributed by atoms with Crippen molar-refractivity contribution in [3.63, 3.8) is 0 Å². The normalized spacial score (nSPS) is 7.57. The summed E-state index contributed by atoms with van der Waals surface area (Å²) in [6.45, 7) is 0.